The Hall–Kier alpha value is -0.740. The number of hydrogen-bond donors (Lipinski definition) is 1. The van der Waals surface area contributed by atoms with Gasteiger partial charge in [0, 0.05) is 18.9 Å². The van der Waals surface area contributed by atoms with Crippen molar-refractivity contribution in [2.75, 3.05) is 24.2 Å². The number of nitrogens with one attached hydrogen (secondary N) is 1. The normalized spacial score (nSPS) is 9.94. The number of benzene rings is 1. The minimum absolute atomic E-state index is 0.144. The molecule has 0 fully saturated rings. The zero-order chi connectivity index (χ0) is 12.0. The third-order valence-electron chi connectivity index (χ3n) is 2.09. The maximum absolute atomic E-state index is 11.7. The summed E-state index contributed by atoms with van der Waals surface area (Å²) >= 11 is 9.26. The van der Waals surface area contributed by atoms with Gasteiger partial charge >= 0.3 is 6.03 Å². The van der Waals surface area contributed by atoms with E-state index in [0.717, 1.165) is 11.8 Å². The van der Waals surface area contributed by atoms with Crippen LogP contribution in [0.15, 0.2) is 24.3 Å². The van der Waals surface area contributed by atoms with Crippen LogP contribution in [0.1, 0.15) is 6.42 Å². The molecular weight excluding hydrogens is 291 g/mol. The molecule has 0 unspecified atom stereocenters. The van der Waals surface area contributed by atoms with Crippen LogP contribution in [-0.2, 0) is 0 Å². The highest BCUT2D eigenvalue weighted by atomic mass is 79.9. The first-order valence-corrected chi connectivity index (χ1v) is 6.47. The molecule has 0 heterocycles. The molecule has 16 heavy (non-hydrogen) atoms. The molecule has 0 saturated heterocycles. The van der Waals surface area contributed by atoms with E-state index in [1.807, 2.05) is 12.1 Å². The topological polar surface area (TPSA) is 32.3 Å². The number of amides is 2. The highest BCUT2D eigenvalue weighted by molar-refractivity contribution is 9.09. The van der Waals surface area contributed by atoms with Gasteiger partial charge in [0.25, 0.3) is 0 Å². The summed E-state index contributed by atoms with van der Waals surface area (Å²) in [4.78, 5) is 13.3. The second-order valence-corrected chi connectivity index (χ2v) is 4.57. The van der Waals surface area contributed by atoms with Gasteiger partial charge in [0.2, 0.25) is 0 Å². The van der Waals surface area contributed by atoms with Crippen LogP contribution >= 0.6 is 27.5 Å². The Morgan fingerprint density at radius 2 is 2.19 bits per heavy atom. The second-order valence-electron chi connectivity index (χ2n) is 3.37. The molecular formula is C11H14BrClN2O. The highest BCUT2D eigenvalue weighted by Crippen LogP contribution is 2.20. The van der Waals surface area contributed by atoms with Crippen molar-refractivity contribution in [1.82, 2.24) is 4.90 Å². The molecule has 0 aromatic heterocycles. The summed E-state index contributed by atoms with van der Waals surface area (Å²) in [6, 6.07) is 7.04. The lowest BCUT2D eigenvalue weighted by Gasteiger charge is -2.17. The van der Waals surface area contributed by atoms with Crippen molar-refractivity contribution < 1.29 is 4.79 Å². The van der Waals surface area contributed by atoms with Gasteiger partial charge in [-0.2, -0.15) is 0 Å². The number of hydrogen-bond acceptors (Lipinski definition) is 1. The smallest absolute Gasteiger partial charge is 0.321 e. The van der Waals surface area contributed by atoms with Crippen LogP contribution < -0.4 is 5.32 Å². The number of halogens is 2. The van der Waals surface area contributed by atoms with Crippen LogP contribution in [0.3, 0.4) is 0 Å². The molecule has 0 aliphatic rings. The summed E-state index contributed by atoms with van der Waals surface area (Å²) in [5.74, 6) is 0. The van der Waals surface area contributed by atoms with Crippen LogP contribution in [0.4, 0.5) is 10.5 Å². The molecule has 2 amide bonds. The van der Waals surface area contributed by atoms with Crippen molar-refractivity contribution in [1.29, 1.82) is 0 Å². The first-order valence-electron chi connectivity index (χ1n) is 4.97. The predicted molar refractivity (Wildman–Crippen MR) is 71.5 cm³/mol. The fourth-order valence-electron chi connectivity index (χ4n) is 1.17. The lowest BCUT2D eigenvalue weighted by atomic mass is 10.3. The quantitative estimate of drug-likeness (QED) is 0.847. The number of para-hydroxylation sites is 1. The summed E-state index contributed by atoms with van der Waals surface area (Å²) in [5, 5.41) is 4.19. The maximum Gasteiger partial charge on any atom is 0.321 e. The first kappa shape index (κ1) is 13.3. The Kier molecular flexibility index (Phi) is 5.63. The van der Waals surface area contributed by atoms with E-state index in [4.69, 9.17) is 11.6 Å². The van der Waals surface area contributed by atoms with Gasteiger partial charge in [-0.3, -0.25) is 0 Å². The number of carbonyl (C=O) groups excluding carboxylic acids is 1. The Labute approximate surface area is 109 Å². The SMILES string of the molecule is CN(CCCBr)C(=O)Nc1ccccc1Cl. The van der Waals surface area contributed by atoms with Gasteiger partial charge in [-0.15, -0.1) is 0 Å². The average Bonchev–Trinajstić information content (AvgIpc) is 2.28. The molecule has 3 nitrogen and oxygen atoms in total. The van der Waals surface area contributed by atoms with Gasteiger partial charge in [-0.05, 0) is 18.6 Å². The van der Waals surface area contributed by atoms with Crippen LogP contribution in [0.5, 0.6) is 0 Å². The largest absolute Gasteiger partial charge is 0.328 e. The van der Waals surface area contributed by atoms with Crippen molar-refractivity contribution >= 4 is 39.2 Å². The summed E-state index contributed by atoms with van der Waals surface area (Å²) in [6.45, 7) is 0.710. The number of carbonyl (C=O) groups is 1. The lowest BCUT2D eigenvalue weighted by Crippen LogP contribution is -2.32. The average molecular weight is 306 g/mol. The van der Waals surface area contributed by atoms with E-state index in [2.05, 4.69) is 21.2 Å². The zero-order valence-electron chi connectivity index (χ0n) is 9.04. The van der Waals surface area contributed by atoms with E-state index < -0.39 is 0 Å². The van der Waals surface area contributed by atoms with Gasteiger partial charge in [0.1, 0.15) is 0 Å². The number of rotatable bonds is 4. The number of nitrogens with zero attached hydrogens (tertiary/aromatic N) is 1. The van der Waals surface area contributed by atoms with Gasteiger partial charge in [0.05, 0.1) is 10.7 Å². The molecule has 0 spiro atoms. The molecule has 0 radical (unpaired) electrons. The van der Waals surface area contributed by atoms with Crippen molar-refractivity contribution in [3.63, 3.8) is 0 Å². The Morgan fingerprint density at radius 3 is 2.81 bits per heavy atom. The summed E-state index contributed by atoms with van der Waals surface area (Å²) in [5.41, 5.74) is 0.639. The fourth-order valence-corrected chi connectivity index (χ4v) is 1.61. The number of anilines is 1. The van der Waals surface area contributed by atoms with Crippen LogP contribution in [-0.4, -0.2) is 29.9 Å². The van der Waals surface area contributed by atoms with Crippen molar-refractivity contribution in [3.05, 3.63) is 29.3 Å². The minimum atomic E-state index is -0.144. The van der Waals surface area contributed by atoms with E-state index in [-0.39, 0.29) is 6.03 Å². The molecule has 88 valence electrons. The molecule has 0 atom stereocenters. The third kappa shape index (κ3) is 4.02. The summed E-state index contributed by atoms with van der Waals surface area (Å²) < 4.78 is 0. The van der Waals surface area contributed by atoms with Gasteiger partial charge in [0.15, 0.2) is 0 Å². The summed E-state index contributed by atoms with van der Waals surface area (Å²) in [7, 11) is 1.76. The maximum atomic E-state index is 11.7. The number of alkyl halides is 1. The standard InChI is InChI=1S/C11H14BrClN2O/c1-15(8-4-7-12)11(16)14-10-6-3-2-5-9(10)13/h2-3,5-6H,4,7-8H2,1H3,(H,14,16). The molecule has 1 aromatic carbocycles. The van der Waals surface area contributed by atoms with E-state index in [1.165, 1.54) is 0 Å². The Balaban J connectivity index is 2.54. The minimum Gasteiger partial charge on any atom is -0.328 e. The van der Waals surface area contributed by atoms with E-state index in [0.29, 0.717) is 17.3 Å². The molecule has 0 aliphatic carbocycles. The van der Waals surface area contributed by atoms with Gasteiger partial charge < -0.3 is 10.2 Å². The van der Waals surface area contributed by atoms with Crippen LogP contribution in [0, 0.1) is 0 Å². The summed E-state index contributed by atoms with van der Waals surface area (Å²) in [6.07, 6.45) is 0.923. The molecule has 5 heteroatoms. The van der Waals surface area contributed by atoms with Crippen molar-refractivity contribution in [2.24, 2.45) is 0 Å². The van der Waals surface area contributed by atoms with E-state index in [1.54, 1.807) is 24.1 Å². The molecule has 0 saturated carbocycles. The molecule has 1 aromatic rings. The third-order valence-corrected chi connectivity index (χ3v) is 2.98. The van der Waals surface area contributed by atoms with Crippen LogP contribution in [0.25, 0.3) is 0 Å². The van der Waals surface area contributed by atoms with Crippen molar-refractivity contribution in [2.45, 2.75) is 6.42 Å². The fraction of sp³-hybridized carbons (Fsp3) is 0.364. The molecule has 1 N–H and O–H groups in total. The monoisotopic (exact) mass is 304 g/mol. The van der Waals surface area contributed by atoms with Gasteiger partial charge in [-0.1, -0.05) is 39.7 Å². The Bertz CT molecular complexity index is 360. The zero-order valence-corrected chi connectivity index (χ0v) is 11.4. The first-order chi connectivity index (χ1) is 7.65. The van der Waals surface area contributed by atoms with Crippen LogP contribution in [0.2, 0.25) is 5.02 Å². The predicted octanol–water partition coefficient (Wildman–Crippen LogP) is 3.59. The van der Waals surface area contributed by atoms with E-state index >= 15 is 0 Å². The highest BCUT2D eigenvalue weighted by Gasteiger charge is 2.09. The lowest BCUT2D eigenvalue weighted by molar-refractivity contribution is 0.222. The molecule has 0 aliphatic heterocycles. The van der Waals surface area contributed by atoms with E-state index in [9.17, 15) is 4.79 Å². The van der Waals surface area contributed by atoms with Gasteiger partial charge in [-0.25, -0.2) is 4.79 Å². The molecule has 1 rings (SSSR count). The number of urea groups is 1. The molecule has 0 bridgehead atoms. The second kappa shape index (κ2) is 6.76. The Morgan fingerprint density at radius 1 is 1.50 bits per heavy atom. The van der Waals surface area contributed by atoms with Crippen molar-refractivity contribution in [3.8, 4) is 0 Å².